The summed E-state index contributed by atoms with van der Waals surface area (Å²) in [7, 11) is 0. The van der Waals surface area contributed by atoms with Crippen LogP contribution in [0.2, 0.25) is 0 Å². The Kier molecular flexibility index (Phi) is 2.93. The van der Waals surface area contributed by atoms with Gasteiger partial charge in [-0.1, -0.05) is 0 Å². The fourth-order valence-corrected chi connectivity index (χ4v) is 3.03. The lowest BCUT2D eigenvalue weighted by Gasteiger charge is -2.19. The third-order valence-corrected chi connectivity index (χ3v) is 4.07. The predicted molar refractivity (Wildman–Crippen MR) is 86.3 cm³/mol. The van der Waals surface area contributed by atoms with Crippen LogP contribution in [0.5, 0.6) is 0 Å². The Morgan fingerprint density at radius 2 is 2.09 bits per heavy atom. The maximum atomic E-state index is 6.05. The first-order chi connectivity index (χ1) is 10.7. The Bertz CT molecular complexity index is 826. The first kappa shape index (κ1) is 13.0. The van der Waals surface area contributed by atoms with E-state index in [1.54, 1.807) is 6.20 Å². The van der Waals surface area contributed by atoms with E-state index >= 15 is 0 Å². The molecule has 3 aromatic heterocycles. The molecule has 0 spiro atoms. The molecule has 7 nitrogen and oxygen atoms in total. The number of H-pyrrole nitrogens is 1. The molecule has 0 saturated carbocycles. The van der Waals surface area contributed by atoms with Crippen LogP contribution in [0.3, 0.4) is 0 Å². The van der Waals surface area contributed by atoms with E-state index in [-0.39, 0.29) is 12.0 Å². The quantitative estimate of drug-likeness (QED) is 0.654. The number of hydrogen-bond donors (Lipinski definition) is 3. The van der Waals surface area contributed by atoms with E-state index in [4.69, 9.17) is 11.5 Å². The van der Waals surface area contributed by atoms with Crippen molar-refractivity contribution in [2.45, 2.75) is 12.5 Å². The largest absolute Gasteiger partial charge is 0.369 e. The van der Waals surface area contributed by atoms with Gasteiger partial charge >= 0.3 is 0 Å². The van der Waals surface area contributed by atoms with E-state index in [0.717, 1.165) is 47.5 Å². The summed E-state index contributed by atoms with van der Waals surface area (Å²) in [6, 6.07) is 4.11. The minimum Gasteiger partial charge on any atom is -0.369 e. The van der Waals surface area contributed by atoms with Gasteiger partial charge < -0.3 is 21.4 Å². The molecule has 22 heavy (non-hydrogen) atoms. The van der Waals surface area contributed by atoms with E-state index in [1.807, 2.05) is 24.5 Å². The zero-order chi connectivity index (χ0) is 15.1. The maximum absolute atomic E-state index is 6.05. The number of nitrogens with two attached hydrogens (primary N) is 2. The average Bonchev–Trinajstić information content (AvgIpc) is 3.13. The van der Waals surface area contributed by atoms with Gasteiger partial charge in [-0.25, -0.2) is 15.0 Å². The van der Waals surface area contributed by atoms with Crippen molar-refractivity contribution in [2.75, 3.05) is 23.7 Å². The molecule has 0 aliphatic carbocycles. The molecule has 0 unspecified atom stereocenters. The van der Waals surface area contributed by atoms with Gasteiger partial charge in [-0.05, 0) is 18.6 Å². The monoisotopic (exact) mass is 295 g/mol. The first-order valence-corrected chi connectivity index (χ1v) is 7.28. The second-order valence-electron chi connectivity index (χ2n) is 5.55. The summed E-state index contributed by atoms with van der Waals surface area (Å²) in [5.74, 6) is 0.264. The normalized spacial score (nSPS) is 18.2. The number of nitrogens with zero attached hydrogens (tertiary/aromatic N) is 4. The highest BCUT2D eigenvalue weighted by Crippen LogP contribution is 2.35. The summed E-state index contributed by atoms with van der Waals surface area (Å²) in [5, 5.41) is 1.05. The van der Waals surface area contributed by atoms with Gasteiger partial charge in [0, 0.05) is 43.3 Å². The van der Waals surface area contributed by atoms with Crippen molar-refractivity contribution in [3.63, 3.8) is 0 Å². The minimum atomic E-state index is 0.223. The van der Waals surface area contributed by atoms with Gasteiger partial charge in [-0.15, -0.1) is 0 Å². The third-order valence-electron chi connectivity index (χ3n) is 4.07. The van der Waals surface area contributed by atoms with E-state index < -0.39 is 0 Å². The van der Waals surface area contributed by atoms with E-state index in [0.29, 0.717) is 0 Å². The number of nitrogen functional groups attached to an aromatic ring is 1. The zero-order valence-corrected chi connectivity index (χ0v) is 12.0. The highest BCUT2D eigenvalue weighted by atomic mass is 15.2. The Hall–Kier alpha value is -2.67. The van der Waals surface area contributed by atoms with Crippen LogP contribution in [0.15, 0.2) is 30.7 Å². The van der Waals surface area contributed by atoms with Gasteiger partial charge in [0.25, 0.3) is 0 Å². The van der Waals surface area contributed by atoms with Crippen LogP contribution in [0, 0.1) is 0 Å². The Morgan fingerprint density at radius 1 is 1.23 bits per heavy atom. The highest BCUT2D eigenvalue weighted by Gasteiger charge is 2.23. The molecule has 112 valence electrons. The van der Waals surface area contributed by atoms with E-state index in [9.17, 15) is 0 Å². The van der Waals surface area contributed by atoms with Gasteiger partial charge in [0.2, 0.25) is 5.95 Å². The molecular weight excluding hydrogens is 278 g/mol. The third kappa shape index (κ3) is 2.06. The number of aromatic amines is 1. The molecule has 4 rings (SSSR count). The number of nitrogens with one attached hydrogen (secondary N) is 1. The average molecular weight is 295 g/mol. The molecular formula is C15H17N7. The van der Waals surface area contributed by atoms with Gasteiger partial charge in [0.15, 0.2) is 0 Å². The smallest absolute Gasteiger partial charge is 0.220 e. The predicted octanol–water partition coefficient (Wildman–Crippen LogP) is 1.14. The summed E-state index contributed by atoms with van der Waals surface area (Å²) in [6.45, 7) is 1.81. The van der Waals surface area contributed by atoms with Crippen LogP contribution < -0.4 is 16.4 Å². The number of fused-ring (bicyclic) bond motifs is 1. The zero-order valence-electron chi connectivity index (χ0n) is 12.0. The van der Waals surface area contributed by atoms with E-state index in [1.165, 1.54) is 0 Å². The molecule has 0 amide bonds. The summed E-state index contributed by atoms with van der Waals surface area (Å²) >= 11 is 0. The van der Waals surface area contributed by atoms with Gasteiger partial charge in [-0.2, -0.15) is 0 Å². The molecule has 7 heteroatoms. The number of aromatic nitrogens is 4. The van der Waals surface area contributed by atoms with Gasteiger partial charge in [0.1, 0.15) is 5.65 Å². The van der Waals surface area contributed by atoms with Crippen LogP contribution in [0.25, 0.3) is 22.3 Å². The minimum absolute atomic E-state index is 0.223. The van der Waals surface area contributed by atoms with Crippen molar-refractivity contribution in [3.05, 3.63) is 30.7 Å². The molecule has 1 aliphatic rings. The Morgan fingerprint density at radius 3 is 2.86 bits per heavy atom. The van der Waals surface area contributed by atoms with Crippen LogP contribution in [0.1, 0.15) is 6.42 Å². The molecule has 1 atom stereocenters. The number of rotatable bonds is 2. The molecule has 1 saturated heterocycles. The summed E-state index contributed by atoms with van der Waals surface area (Å²) in [5.41, 5.74) is 15.5. The summed E-state index contributed by atoms with van der Waals surface area (Å²) < 4.78 is 0. The van der Waals surface area contributed by atoms with Crippen molar-refractivity contribution >= 4 is 22.7 Å². The van der Waals surface area contributed by atoms with Crippen LogP contribution >= 0.6 is 0 Å². The van der Waals surface area contributed by atoms with Crippen molar-refractivity contribution in [1.82, 2.24) is 19.9 Å². The molecule has 5 N–H and O–H groups in total. The Balaban J connectivity index is 1.90. The standard InChI is InChI=1S/C15H17N7/c16-9-3-6-22(8-9)12-2-5-18-14-13(12)10(7-20-14)11-1-4-19-15(17)21-11/h1-2,4-5,7,9H,3,6,8,16H2,(H,18,20)(H2,17,19,21)/t9-/m1/s1. The van der Waals surface area contributed by atoms with Crippen LogP contribution in [-0.4, -0.2) is 39.1 Å². The lowest BCUT2D eigenvalue weighted by atomic mass is 10.1. The lowest BCUT2D eigenvalue weighted by molar-refractivity contribution is 0.752. The fraction of sp³-hybridized carbons (Fsp3) is 0.267. The van der Waals surface area contributed by atoms with Crippen molar-refractivity contribution in [3.8, 4) is 11.3 Å². The van der Waals surface area contributed by atoms with Crippen molar-refractivity contribution in [1.29, 1.82) is 0 Å². The van der Waals surface area contributed by atoms with E-state index in [2.05, 4.69) is 24.8 Å². The molecule has 0 radical (unpaired) electrons. The maximum Gasteiger partial charge on any atom is 0.220 e. The Labute approximate surface area is 127 Å². The van der Waals surface area contributed by atoms with Gasteiger partial charge in [-0.3, -0.25) is 0 Å². The first-order valence-electron chi connectivity index (χ1n) is 7.28. The van der Waals surface area contributed by atoms with Crippen molar-refractivity contribution < 1.29 is 0 Å². The molecule has 0 aromatic carbocycles. The SMILES string of the molecule is Nc1nccc(-c2c[nH]c3nccc(N4CC[C@@H](N)C4)c23)n1. The van der Waals surface area contributed by atoms with Crippen molar-refractivity contribution in [2.24, 2.45) is 5.73 Å². The molecule has 3 aromatic rings. The summed E-state index contributed by atoms with van der Waals surface area (Å²) in [4.78, 5) is 18.2. The van der Waals surface area contributed by atoms with Crippen LogP contribution in [-0.2, 0) is 0 Å². The molecule has 0 bridgehead atoms. The molecule has 4 heterocycles. The lowest BCUT2D eigenvalue weighted by Crippen LogP contribution is -2.26. The summed E-state index contributed by atoms with van der Waals surface area (Å²) in [6.07, 6.45) is 6.40. The van der Waals surface area contributed by atoms with Gasteiger partial charge in [0.05, 0.1) is 16.8 Å². The second kappa shape index (κ2) is 4.96. The molecule has 1 aliphatic heterocycles. The molecule has 1 fully saturated rings. The topological polar surface area (TPSA) is 110 Å². The number of anilines is 2. The fourth-order valence-electron chi connectivity index (χ4n) is 3.03. The van der Waals surface area contributed by atoms with Crippen LogP contribution in [0.4, 0.5) is 11.6 Å². The number of pyridine rings is 1. The second-order valence-corrected chi connectivity index (χ2v) is 5.55. The number of hydrogen-bond acceptors (Lipinski definition) is 6. The highest BCUT2D eigenvalue weighted by molar-refractivity contribution is 6.02.